The monoisotopic (exact) mass is 262 g/mol. The van der Waals surface area contributed by atoms with Crippen molar-refractivity contribution < 1.29 is 14.8 Å². The highest BCUT2D eigenvalue weighted by molar-refractivity contribution is 9.10. The van der Waals surface area contributed by atoms with Crippen molar-refractivity contribution in [2.45, 2.75) is 0 Å². The topological polar surface area (TPSA) is 57.5 Å². The van der Waals surface area contributed by atoms with E-state index in [2.05, 4.69) is 15.9 Å². The second-order valence-electron chi connectivity index (χ2n) is 2.36. The zero-order chi connectivity index (χ0) is 10.0. The number of carbonyl (C=O) groups excluding carboxylic acids is 1. The van der Waals surface area contributed by atoms with Crippen molar-refractivity contribution in [2.75, 3.05) is 0 Å². The van der Waals surface area contributed by atoms with Gasteiger partial charge in [-0.25, -0.2) is 0 Å². The van der Waals surface area contributed by atoms with Gasteiger partial charge < -0.3 is 10.0 Å². The molecule has 2 N–H and O–H groups in total. The molecule has 0 saturated heterocycles. The van der Waals surface area contributed by atoms with Crippen molar-refractivity contribution in [2.24, 2.45) is 0 Å². The maximum absolute atomic E-state index is 10.5. The van der Waals surface area contributed by atoms with Crippen LogP contribution in [-0.4, -0.2) is 23.5 Å². The van der Waals surface area contributed by atoms with Gasteiger partial charge in [0.25, 0.3) is 0 Å². The Morgan fingerprint density at radius 2 is 2.08 bits per heavy atom. The summed E-state index contributed by atoms with van der Waals surface area (Å²) < 4.78 is 0.310. The van der Waals surface area contributed by atoms with E-state index in [9.17, 15) is 4.79 Å². The SMILES string of the molecule is O=Cc1ccc(Cl)c(B(O)O)c1Br. The number of halogens is 2. The molecule has 0 aliphatic rings. The van der Waals surface area contributed by atoms with Gasteiger partial charge in [-0.3, -0.25) is 4.79 Å². The Kier molecular flexibility index (Phi) is 3.50. The van der Waals surface area contributed by atoms with Crippen LogP contribution in [0.3, 0.4) is 0 Å². The quantitative estimate of drug-likeness (QED) is 0.606. The highest BCUT2D eigenvalue weighted by Gasteiger charge is 2.20. The summed E-state index contributed by atoms with van der Waals surface area (Å²) in [5.41, 5.74) is 0.429. The second kappa shape index (κ2) is 4.24. The van der Waals surface area contributed by atoms with Gasteiger partial charge in [0.1, 0.15) is 0 Å². The third kappa shape index (κ3) is 2.11. The molecule has 0 atom stereocenters. The average molecular weight is 263 g/mol. The van der Waals surface area contributed by atoms with Crippen molar-refractivity contribution >= 4 is 46.4 Å². The molecule has 0 aromatic heterocycles. The summed E-state index contributed by atoms with van der Waals surface area (Å²) in [6.07, 6.45) is 0.603. The zero-order valence-corrected chi connectivity index (χ0v) is 8.71. The van der Waals surface area contributed by atoms with E-state index in [0.29, 0.717) is 16.3 Å². The number of rotatable bonds is 2. The van der Waals surface area contributed by atoms with E-state index in [1.54, 1.807) is 0 Å². The Hall–Kier alpha value is -0.355. The zero-order valence-electron chi connectivity index (χ0n) is 6.37. The van der Waals surface area contributed by atoms with Gasteiger partial charge in [-0.15, -0.1) is 0 Å². The Balaban J connectivity index is 3.38. The summed E-state index contributed by atoms with van der Waals surface area (Å²) in [6, 6.07) is 2.93. The van der Waals surface area contributed by atoms with E-state index in [4.69, 9.17) is 21.6 Å². The van der Waals surface area contributed by atoms with Crippen molar-refractivity contribution in [3.63, 3.8) is 0 Å². The van der Waals surface area contributed by atoms with Gasteiger partial charge in [0, 0.05) is 20.5 Å². The van der Waals surface area contributed by atoms with Crippen LogP contribution in [0.5, 0.6) is 0 Å². The number of hydrogen-bond donors (Lipinski definition) is 2. The van der Waals surface area contributed by atoms with E-state index < -0.39 is 7.12 Å². The normalized spacial score (nSPS) is 9.85. The number of aldehydes is 1. The fourth-order valence-electron chi connectivity index (χ4n) is 0.914. The third-order valence-electron chi connectivity index (χ3n) is 1.54. The molecule has 68 valence electrons. The molecule has 13 heavy (non-hydrogen) atoms. The lowest BCUT2D eigenvalue weighted by Crippen LogP contribution is -2.32. The molecular weight excluding hydrogens is 258 g/mol. The average Bonchev–Trinajstić information content (AvgIpc) is 2.04. The highest BCUT2D eigenvalue weighted by Crippen LogP contribution is 2.18. The molecule has 0 spiro atoms. The largest absolute Gasteiger partial charge is 0.491 e. The van der Waals surface area contributed by atoms with Crippen LogP contribution in [0.15, 0.2) is 16.6 Å². The summed E-state index contributed by atoms with van der Waals surface area (Å²) in [6.45, 7) is 0. The minimum absolute atomic E-state index is 0.103. The maximum atomic E-state index is 10.5. The minimum Gasteiger partial charge on any atom is -0.423 e. The van der Waals surface area contributed by atoms with E-state index in [1.807, 2.05) is 0 Å². The lowest BCUT2D eigenvalue weighted by molar-refractivity contribution is 0.112. The van der Waals surface area contributed by atoms with Crippen molar-refractivity contribution in [1.29, 1.82) is 0 Å². The molecule has 3 nitrogen and oxygen atoms in total. The highest BCUT2D eigenvalue weighted by atomic mass is 79.9. The van der Waals surface area contributed by atoms with Crippen LogP contribution in [0.1, 0.15) is 10.4 Å². The van der Waals surface area contributed by atoms with E-state index in [0.717, 1.165) is 0 Å². The van der Waals surface area contributed by atoms with E-state index in [-0.39, 0.29) is 10.5 Å². The smallest absolute Gasteiger partial charge is 0.423 e. The van der Waals surface area contributed by atoms with Gasteiger partial charge in [0.15, 0.2) is 6.29 Å². The van der Waals surface area contributed by atoms with Gasteiger partial charge in [-0.2, -0.15) is 0 Å². The molecule has 1 aromatic rings. The fraction of sp³-hybridized carbons (Fsp3) is 0. The first kappa shape index (κ1) is 10.7. The standard InChI is InChI=1S/C7H5BBrClO3/c9-7-4(3-11)1-2-5(10)6(7)8(12)13/h1-3,12-13H. The first-order valence-corrected chi connectivity index (χ1v) is 4.54. The second-order valence-corrected chi connectivity index (χ2v) is 3.56. The Labute approximate surface area is 88.6 Å². The summed E-state index contributed by atoms with van der Waals surface area (Å²) in [7, 11) is -1.69. The van der Waals surface area contributed by atoms with Crippen LogP contribution < -0.4 is 5.46 Å². The molecule has 0 fully saturated rings. The molecule has 0 aliphatic heterocycles. The summed E-state index contributed by atoms with van der Waals surface area (Å²) in [5.74, 6) is 0. The van der Waals surface area contributed by atoms with E-state index >= 15 is 0 Å². The molecule has 0 radical (unpaired) electrons. The molecule has 0 unspecified atom stereocenters. The molecule has 0 saturated carbocycles. The maximum Gasteiger partial charge on any atom is 0.491 e. The first-order valence-electron chi connectivity index (χ1n) is 3.37. The molecule has 0 aliphatic carbocycles. The van der Waals surface area contributed by atoms with Crippen molar-refractivity contribution in [3.8, 4) is 0 Å². The van der Waals surface area contributed by atoms with Gasteiger partial charge >= 0.3 is 7.12 Å². The third-order valence-corrected chi connectivity index (χ3v) is 2.76. The molecular formula is C7H5BBrClO3. The van der Waals surface area contributed by atoms with Crippen LogP contribution in [0.4, 0.5) is 0 Å². The number of carbonyl (C=O) groups is 1. The van der Waals surface area contributed by atoms with Crippen LogP contribution in [0.25, 0.3) is 0 Å². The van der Waals surface area contributed by atoms with Gasteiger partial charge in [0.05, 0.1) is 0 Å². The predicted octanol–water partition coefficient (Wildman–Crippen LogP) is 0.595. The molecule has 0 heterocycles. The predicted molar refractivity (Wildman–Crippen MR) is 54.4 cm³/mol. The molecule has 1 rings (SSSR count). The summed E-state index contributed by atoms with van der Waals surface area (Å²) in [5, 5.41) is 18.1. The fourth-order valence-corrected chi connectivity index (χ4v) is 1.93. The lowest BCUT2D eigenvalue weighted by atomic mass is 9.79. The molecule has 0 amide bonds. The number of hydrogen-bond acceptors (Lipinski definition) is 3. The van der Waals surface area contributed by atoms with E-state index in [1.165, 1.54) is 12.1 Å². The lowest BCUT2D eigenvalue weighted by Gasteiger charge is -2.07. The van der Waals surface area contributed by atoms with Gasteiger partial charge in [0.2, 0.25) is 0 Å². The minimum atomic E-state index is -1.69. The Bertz CT molecular complexity index is 343. The number of benzene rings is 1. The Morgan fingerprint density at radius 3 is 2.54 bits per heavy atom. The molecule has 0 bridgehead atoms. The van der Waals surface area contributed by atoms with Crippen LogP contribution in [0, 0.1) is 0 Å². The van der Waals surface area contributed by atoms with Gasteiger partial charge in [-0.05, 0) is 12.1 Å². The summed E-state index contributed by atoms with van der Waals surface area (Å²) >= 11 is 8.74. The van der Waals surface area contributed by atoms with Crippen LogP contribution in [0.2, 0.25) is 5.02 Å². The van der Waals surface area contributed by atoms with Crippen LogP contribution in [-0.2, 0) is 0 Å². The molecule has 6 heteroatoms. The Morgan fingerprint density at radius 1 is 1.46 bits per heavy atom. The van der Waals surface area contributed by atoms with Crippen molar-refractivity contribution in [3.05, 3.63) is 27.2 Å². The van der Waals surface area contributed by atoms with Gasteiger partial charge in [-0.1, -0.05) is 27.5 Å². The molecule has 1 aromatic carbocycles. The van der Waals surface area contributed by atoms with Crippen molar-refractivity contribution in [1.82, 2.24) is 0 Å². The summed E-state index contributed by atoms with van der Waals surface area (Å²) in [4.78, 5) is 10.5. The first-order chi connectivity index (χ1) is 6.07. The van der Waals surface area contributed by atoms with Crippen LogP contribution >= 0.6 is 27.5 Å².